The number of aromatic nitrogens is 2. The van der Waals surface area contributed by atoms with Crippen molar-refractivity contribution in [1.29, 1.82) is 0 Å². The van der Waals surface area contributed by atoms with Gasteiger partial charge >= 0.3 is 0 Å². The third kappa shape index (κ3) is 3.43. The van der Waals surface area contributed by atoms with Gasteiger partial charge in [-0.25, -0.2) is 13.4 Å². The molecule has 3 unspecified atom stereocenters. The van der Waals surface area contributed by atoms with Gasteiger partial charge in [0.1, 0.15) is 5.82 Å². The Hall–Kier alpha value is -2.36. The number of sulfone groups is 1. The zero-order valence-corrected chi connectivity index (χ0v) is 17.0. The number of morpholine rings is 1. The SMILES string of the molecule is CS(=O)(=O)c1ccc(-c2nc(CC3CNCCO3)n3c2C=NC2N=CCC23)cc1. The molecule has 8 nitrogen and oxygen atoms in total. The third-order valence-corrected chi connectivity index (χ3v) is 6.75. The van der Waals surface area contributed by atoms with Gasteiger partial charge in [0.2, 0.25) is 0 Å². The summed E-state index contributed by atoms with van der Waals surface area (Å²) in [5.41, 5.74) is 2.64. The largest absolute Gasteiger partial charge is 0.375 e. The first-order valence-corrected chi connectivity index (χ1v) is 11.7. The lowest BCUT2D eigenvalue weighted by Crippen LogP contribution is -2.40. The lowest BCUT2D eigenvalue weighted by Gasteiger charge is -2.27. The summed E-state index contributed by atoms with van der Waals surface area (Å²) >= 11 is 0. The van der Waals surface area contributed by atoms with Crippen LogP contribution in [0.25, 0.3) is 11.3 Å². The molecule has 0 aliphatic carbocycles. The van der Waals surface area contributed by atoms with Crippen LogP contribution in [0, 0.1) is 0 Å². The van der Waals surface area contributed by atoms with Crippen LogP contribution in [0.15, 0.2) is 39.1 Å². The zero-order valence-electron chi connectivity index (χ0n) is 16.2. The van der Waals surface area contributed by atoms with Crippen molar-refractivity contribution in [3.8, 4) is 11.3 Å². The first-order valence-electron chi connectivity index (χ1n) is 9.79. The van der Waals surface area contributed by atoms with Gasteiger partial charge in [-0.3, -0.25) is 9.98 Å². The van der Waals surface area contributed by atoms with E-state index in [4.69, 9.17) is 9.72 Å². The maximum Gasteiger partial charge on any atom is 0.175 e. The highest BCUT2D eigenvalue weighted by molar-refractivity contribution is 7.90. The number of nitrogens with one attached hydrogen (secondary N) is 1. The Morgan fingerprint density at radius 3 is 2.79 bits per heavy atom. The third-order valence-electron chi connectivity index (χ3n) is 5.62. The highest BCUT2D eigenvalue weighted by Gasteiger charge is 2.34. The minimum Gasteiger partial charge on any atom is -0.375 e. The molecule has 0 radical (unpaired) electrons. The number of benzene rings is 1. The van der Waals surface area contributed by atoms with Crippen LogP contribution in [-0.4, -0.2) is 68.6 Å². The molecule has 1 N–H and O–H groups in total. The van der Waals surface area contributed by atoms with Gasteiger partial charge in [-0.2, -0.15) is 0 Å². The van der Waals surface area contributed by atoms with E-state index < -0.39 is 9.84 Å². The van der Waals surface area contributed by atoms with Gasteiger partial charge in [0.05, 0.1) is 41.3 Å². The minimum atomic E-state index is -3.24. The molecule has 9 heteroatoms. The molecule has 0 saturated carbocycles. The molecule has 29 heavy (non-hydrogen) atoms. The number of rotatable bonds is 4. The zero-order chi connectivity index (χ0) is 20.0. The molecule has 3 aliphatic rings. The van der Waals surface area contributed by atoms with E-state index in [2.05, 4.69) is 19.9 Å². The van der Waals surface area contributed by atoms with Crippen molar-refractivity contribution in [1.82, 2.24) is 14.9 Å². The first kappa shape index (κ1) is 18.7. The predicted octanol–water partition coefficient (Wildman–Crippen LogP) is 1.26. The van der Waals surface area contributed by atoms with E-state index in [9.17, 15) is 8.42 Å². The Balaban J connectivity index is 1.56. The molecule has 4 heterocycles. The molecule has 2 aromatic rings. The summed E-state index contributed by atoms with van der Waals surface area (Å²) in [6.07, 6.45) is 6.51. The summed E-state index contributed by atoms with van der Waals surface area (Å²) in [6, 6.07) is 7.02. The number of aliphatic imine (C=N–C) groups is 2. The normalized spacial score (nSPS) is 25.8. The number of hydrogen-bond donors (Lipinski definition) is 1. The van der Waals surface area contributed by atoms with E-state index >= 15 is 0 Å². The summed E-state index contributed by atoms with van der Waals surface area (Å²) in [5, 5.41) is 3.37. The summed E-state index contributed by atoms with van der Waals surface area (Å²) in [5.74, 6) is 0.961. The van der Waals surface area contributed by atoms with Crippen LogP contribution in [-0.2, 0) is 21.0 Å². The molecule has 1 saturated heterocycles. The van der Waals surface area contributed by atoms with Gasteiger partial charge in [0, 0.05) is 44.0 Å². The van der Waals surface area contributed by atoms with E-state index in [1.54, 1.807) is 12.1 Å². The fraction of sp³-hybridized carbons (Fsp3) is 0.450. The molecule has 0 bridgehead atoms. The van der Waals surface area contributed by atoms with Crippen molar-refractivity contribution in [3.05, 3.63) is 35.8 Å². The first-order chi connectivity index (χ1) is 14.0. The van der Waals surface area contributed by atoms with Crippen LogP contribution in [0.5, 0.6) is 0 Å². The van der Waals surface area contributed by atoms with Crippen molar-refractivity contribution >= 4 is 22.3 Å². The molecule has 152 valence electrons. The summed E-state index contributed by atoms with van der Waals surface area (Å²) < 4.78 is 31.7. The second-order valence-electron chi connectivity index (χ2n) is 7.66. The molecular weight excluding hydrogens is 390 g/mol. The summed E-state index contributed by atoms with van der Waals surface area (Å²) in [7, 11) is -3.24. The molecule has 0 spiro atoms. The van der Waals surface area contributed by atoms with Crippen LogP contribution >= 0.6 is 0 Å². The van der Waals surface area contributed by atoms with Crippen molar-refractivity contribution in [3.63, 3.8) is 0 Å². The van der Waals surface area contributed by atoms with Gasteiger partial charge in [0.25, 0.3) is 0 Å². The van der Waals surface area contributed by atoms with Crippen molar-refractivity contribution in [2.24, 2.45) is 9.98 Å². The van der Waals surface area contributed by atoms with Crippen LogP contribution in [0.4, 0.5) is 0 Å². The Kier molecular flexibility index (Phi) is 4.60. The average Bonchev–Trinajstić information content (AvgIpc) is 3.33. The molecule has 1 aromatic heterocycles. The van der Waals surface area contributed by atoms with Gasteiger partial charge in [0.15, 0.2) is 16.0 Å². The highest BCUT2D eigenvalue weighted by atomic mass is 32.2. The van der Waals surface area contributed by atoms with Crippen LogP contribution < -0.4 is 5.32 Å². The molecule has 1 fully saturated rings. The Labute approximate surface area is 169 Å². The smallest absolute Gasteiger partial charge is 0.175 e. The Morgan fingerprint density at radius 1 is 1.24 bits per heavy atom. The van der Waals surface area contributed by atoms with E-state index in [0.29, 0.717) is 17.9 Å². The second-order valence-corrected chi connectivity index (χ2v) is 9.67. The topological polar surface area (TPSA) is 97.9 Å². The highest BCUT2D eigenvalue weighted by Crippen LogP contribution is 2.35. The van der Waals surface area contributed by atoms with Gasteiger partial charge in [-0.1, -0.05) is 12.1 Å². The minimum absolute atomic E-state index is 0.0790. The predicted molar refractivity (Wildman–Crippen MR) is 111 cm³/mol. The number of imidazole rings is 1. The molecule has 0 amide bonds. The molecular formula is C20H23N5O3S. The lowest BCUT2D eigenvalue weighted by atomic mass is 10.1. The molecule has 1 aromatic carbocycles. The van der Waals surface area contributed by atoms with E-state index in [1.807, 2.05) is 24.6 Å². The van der Waals surface area contributed by atoms with E-state index in [1.165, 1.54) is 6.26 Å². The van der Waals surface area contributed by atoms with Gasteiger partial charge in [-0.05, 0) is 12.1 Å². The van der Waals surface area contributed by atoms with Crippen LogP contribution in [0.2, 0.25) is 0 Å². The monoisotopic (exact) mass is 413 g/mol. The average molecular weight is 414 g/mol. The van der Waals surface area contributed by atoms with Crippen LogP contribution in [0.1, 0.15) is 24.0 Å². The standard InChI is InChI=1S/C20H23N5O3S/c1-29(26,27)15-4-2-13(3-5-15)19-17-12-23-20-16(6-7-22-20)25(17)18(24-19)10-14-11-21-8-9-28-14/h2-5,7,12,14,16,20-21H,6,8-11H2,1H3. The summed E-state index contributed by atoms with van der Waals surface area (Å²) in [6.45, 7) is 2.38. The Bertz CT molecular complexity index is 1080. The number of hydrogen-bond acceptors (Lipinski definition) is 7. The fourth-order valence-corrected chi connectivity index (χ4v) is 4.81. The number of fused-ring (bicyclic) bond motifs is 3. The number of ether oxygens (including phenoxy) is 1. The maximum atomic E-state index is 11.8. The number of nitrogens with zero attached hydrogens (tertiary/aromatic N) is 4. The van der Waals surface area contributed by atoms with Crippen molar-refractivity contribution in [2.45, 2.75) is 36.0 Å². The molecule has 3 aliphatic heterocycles. The van der Waals surface area contributed by atoms with Crippen molar-refractivity contribution in [2.75, 3.05) is 26.0 Å². The fourth-order valence-electron chi connectivity index (χ4n) is 4.18. The Morgan fingerprint density at radius 2 is 2.07 bits per heavy atom. The van der Waals surface area contributed by atoms with E-state index in [-0.39, 0.29) is 18.3 Å². The summed E-state index contributed by atoms with van der Waals surface area (Å²) in [4.78, 5) is 14.4. The van der Waals surface area contributed by atoms with Crippen LogP contribution in [0.3, 0.4) is 0 Å². The lowest BCUT2D eigenvalue weighted by molar-refractivity contribution is 0.0273. The second kappa shape index (κ2) is 7.16. The van der Waals surface area contributed by atoms with Crippen molar-refractivity contribution < 1.29 is 13.2 Å². The van der Waals surface area contributed by atoms with E-state index in [0.717, 1.165) is 42.3 Å². The van der Waals surface area contributed by atoms with Gasteiger partial charge in [-0.15, -0.1) is 0 Å². The molecule has 5 rings (SSSR count). The molecule has 3 atom stereocenters. The van der Waals surface area contributed by atoms with Gasteiger partial charge < -0.3 is 14.6 Å². The quantitative estimate of drug-likeness (QED) is 0.814. The maximum absolute atomic E-state index is 11.8.